The van der Waals surface area contributed by atoms with Gasteiger partial charge in [0.15, 0.2) is 11.5 Å². The molecule has 3 aromatic carbocycles. The quantitative estimate of drug-likeness (QED) is 0.483. The lowest BCUT2D eigenvalue weighted by molar-refractivity contribution is -0.121. The third-order valence-corrected chi connectivity index (χ3v) is 6.68. The van der Waals surface area contributed by atoms with Gasteiger partial charge in [-0.2, -0.15) is 0 Å². The number of benzene rings is 3. The van der Waals surface area contributed by atoms with Gasteiger partial charge in [0.25, 0.3) is 0 Å². The fraction of sp³-hybridized carbons (Fsp3) is 0.286. The molecule has 5 rings (SSSR count). The van der Waals surface area contributed by atoms with E-state index < -0.39 is 5.41 Å². The van der Waals surface area contributed by atoms with Crippen LogP contribution in [0, 0.1) is 6.92 Å². The normalized spacial score (nSPS) is 15.0. The first kappa shape index (κ1) is 22.0. The van der Waals surface area contributed by atoms with Gasteiger partial charge in [-0.15, -0.1) is 0 Å². The SMILES string of the molecule is CCC(=O)NCc1ccc(-c2cc(NC(=O)C3(c4ccc5c(c4)OCO5)CC3)ccc2C)cc1.[HH].[HH]. The Morgan fingerprint density at radius 2 is 1.74 bits per heavy atom. The highest BCUT2D eigenvalue weighted by atomic mass is 16.7. The Labute approximate surface area is 202 Å². The van der Waals surface area contributed by atoms with Crippen molar-refractivity contribution in [1.29, 1.82) is 0 Å². The van der Waals surface area contributed by atoms with Crippen LogP contribution in [0.15, 0.2) is 60.7 Å². The first-order chi connectivity index (χ1) is 16.5. The largest absolute Gasteiger partial charge is 0.454 e. The number of anilines is 1. The second-order valence-corrected chi connectivity index (χ2v) is 8.96. The van der Waals surface area contributed by atoms with E-state index >= 15 is 0 Å². The zero-order chi connectivity index (χ0) is 23.7. The molecule has 2 N–H and O–H groups in total. The predicted octanol–water partition coefficient (Wildman–Crippen LogP) is 5.58. The van der Waals surface area contributed by atoms with Crippen molar-refractivity contribution >= 4 is 17.5 Å². The van der Waals surface area contributed by atoms with Crippen LogP contribution in [0.3, 0.4) is 0 Å². The fourth-order valence-electron chi connectivity index (χ4n) is 4.36. The molecule has 0 saturated heterocycles. The number of aryl methyl sites for hydroxylation is 1. The average Bonchev–Trinajstić information content (AvgIpc) is 3.54. The van der Waals surface area contributed by atoms with Crippen molar-refractivity contribution in [2.24, 2.45) is 0 Å². The molecule has 0 atom stereocenters. The lowest BCUT2D eigenvalue weighted by Crippen LogP contribution is -2.27. The zero-order valence-corrected chi connectivity index (χ0v) is 19.4. The highest BCUT2D eigenvalue weighted by Gasteiger charge is 2.51. The van der Waals surface area contributed by atoms with Gasteiger partial charge in [0, 0.05) is 21.5 Å². The highest BCUT2D eigenvalue weighted by molar-refractivity contribution is 6.02. The van der Waals surface area contributed by atoms with E-state index in [-0.39, 0.29) is 21.5 Å². The summed E-state index contributed by atoms with van der Waals surface area (Å²) in [5.41, 5.74) is 5.53. The maximum Gasteiger partial charge on any atom is 0.235 e. The number of amides is 2. The van der Waals surface area contributed by atoms with E-state index in [0.717, 1.165) is 52.1 Å². The van der Waals surface area contributed by atoms with Crippen LogP contribution in [0.4, 0.5) is 5.69 Å². The monoisotopic (exact) mass is 460 g/mol. The van der Waals surface area contributed by atoms with Crippen LogP contribution >= 0.6 is 0 Å². The number of carbonyl (C=O) groups excluding carboxylic acids is 2. The number of hydrogen-bond donors (Lipinski definition) is 2. The molecule has 6 nitrogen and oxygen atoms in total. The summed E-state index contributed by atoms with van der Waals surface area (Å²) in [6, 6.07) is 19.9. The first-order valence-electron chi connectivity index (χ1n) is 11.7. The van der Waals surface area contributed by atoms with Gasteiger partial charge in [-0.1, -0.05) is 43.3 Å². The van der Waals surface area contributed by atoms with Crippen molar-refractivity contribution < 1.29 is 21.9 Å². The Balaban J connectivity index is 0.00000180. The van der Waals surface area contributed by atoms with Gasteiger partial charge in [0.2, 0.25) is 18.6 Å². The summed E-state index contributed by atoms with van der Waals surface area (Å²) < 4.78 is 10.9. The summed E-state index contributed by atoms with van der Waals surface area (Å²) in [6.45, 7) is 4.64. The van der Waals surface area contributed by atoms with Crippen LogP contribution in [-0.4, -0.2) is 18.6 Å². The lowest BCUT2D eigenvalue weighted by atomic mass is 9.94. The average molecular weight is 461 g/mol. The van der Waals surface area contributed by atoms with Crippen LogP contribution < -0.4 is 20.1 Å². The first-order valence-corrected chi connectivity index (χ1v) is 11.7. The molecule has 6 heteroatoms. The molecule has 0 bridgehead atoms. The van der Waals surface area contributed by atoms with E-state index in [4.69, 9.17) is 9.47 Å². The molecule has 1 saturated carbocycles. The molecule has 1 aliphatic heterocycles. The molecule has 1 fully saturated rings. The van der Waals surface area contributed by atoms with Gasteiger partial charge in [0.1, 0.15) is 0 Å². The second-order valence-electron chi connectivity index (χ2n) is 8.96. The standard InChI is InChI=1S/C28H28N2O4.2H2/c1-3-26(31)29-16-19-5-7-20(8-6-19)23-15-22(10-4-18(23)2)30-27(32)28(12-13-28)21-9-11-24-25(14-21)34-17-33-24;;/h4-11,14-15H,3,12-13,16-17H2,1-2H3,(H,29,31)(H,30,32);2*1H. The van der Waals surface area contributed by atoms with Gasteiger partial charge in [-0.05, 0) is 71.8 Å². The van der Waals surface area contributed by atoms with E-state index in [1.807, 2.05) is 55.5 Å². The summed E-state index contributed by atoms with van der Waals surface area (Å²) in [7, 11) is 0. The fourth-order valence-corrected chi connectivity index (χ4v) is 4.36. The van der Waals surface area contributed by atoms with Crippen LogP contribution in [0.1, 0.15) is 45.7 Å². The molecular weight excluding hydrogens is 428 g/mol. The topological polar surface area (TPSA) is 76.7 Å². The van der Waals surface area contributed by atoms with Crippen molar-refractivity contribution in [3.63, 3.8) is 0 Å². The zero-order valence-electron chi connectivity index (χ0n) is 19.4. The van der Waals surface area contributed by atoms with E-state index in [0.29, 0.717) is 18.7 Å². The number of fused-ring (bicyclic) bond motifs is 1. The van der Waals surface area contributed by atoms with Gasteiger partial charge in [0.05, 0.1) is 5.41 Å². The van der Waals surface area contributed by atoms with E-state index in [1.54, 1.807) is 0 Å². The third kappa shape index (κ3) is 4.23. The lowest BCUT2D eigenvalue weighted by Gasteiger charge is -2.17. The summed E-state index contributed by atoms with van der Waals surface area (Å²) in [5.74, 6) is 1.47. The molecule has 0 unspecified atom stereocenters. The van der Waals surface area contributed by atoms with Crippen molar-refractivity contribution in [3.8, 4) is 22.6 Å². The van der Waals surface area contributed by atoms with E-state index in [2.05, 4.69) is 29.7 Å². The van der Waals surface area contributed by atoms with Crippen molar-refractivity contribution in [3.05, 3.63) is 77.4 Å². The summed E-state index contributed by atoms with van der Waals surface area (Å²) in [5, 5.41) is 6.04. The molecule has 1 heterocycles. The number of ether oxygens (including phenoxy) is 2. The Kier molecular flexibility index (Phi) is 5.74. The summed E-state index contributed by atoms with van der Waals surface area (Å²) in [4.78, 5) is 24.8. The highest BCUT2D eigenvalue weighted by Crippen LogP contribution is 2.51. The van der Waals surface area contributed by atoms with E-state index in [1.165, 1.54) is 0 Å². The maximum atomic E-state index is 13.3. The van der Waals surface area contributed by atoms with Gasteiger partial charge >= 0.3 is 0 Å². The number of rotatable bonds is 7. The van der Waals surface area contributed by atoms with Gasteiger partial charge in [-0.3, -0.25) is 9.59 Å². The van der Waals surface area contributed by atoms with Crippen molar-refractivity contribution in [2.75, 3.05) is 12.1 Å². The maximum absolute atomic E-state index is 13.3. The molecule has 3 aromatic rings. The molecule has 2 aliphatic rings. The van der Waals surface area contributed by atoms with Crippen LogP contribution in [0.2, 0.25) is 0 Å². The van der Waals surface area contributed by atoms with Crippen LogP contribution in [0.5, 0.6) is 11.5 Å². The number of nitrogens with one attached hydrogen (secondary N) is 2. The molecule has 34 heavy (non-hydrogen) atoms. The molecule has 0 radical (unpaired) electrons. The smallest absolute Gasteiger partial charge is 0.235 e. The molecule has 0 aromatic heterocycles. The minimum absolute atomic E-state index is 0. The Morgan fingerprint density at radius 3 is 2.47 bits per heavy atom. The van der Waals surface area contributed by atoms with Gasteiger partial charge < -0.3 is 20.1 Å². The van der Waals surface area contributed by atoms with Gasteiger partial charge in [-0.25, -0.2) is 0 Å². The summed E-state index contributed by atoms with van der Waals surface area (Å²) >= 11 is 0. The second kappa shape index (κ2) is 8.86. The Morgan fingerprint density at radius 1 is 0.971 bits per heavy atom. The predicted molar refractivity (Wildman–Crippen MR) is 135 cm³/mol. The van der Waals surface area contributed by atoms with Crippen LogP contribution in [0.25, 0.3) is 11.1 Å². The minimum atomic E-state index is -0.517. The molecule has 1 aliphatic carbocycles. The molecular formula is C28H32N2O4. The molecule has 178 valence electrons. The van der Waals surface area contributed by atoms with E-state index in [9.17, 15) is 9.59 Å². The Bertz CT molecular complexity index is 1260. The van der Waals surface area contributed by atoms with Crippen molar-refractivity contribution in [2.45, 2.75) is 45.1 Å². The third-order valence-electron chi connectivity index (χ3n) is 6.68. The minimum Gasteiger partial charge on any atom is -0.454 e. The number of hydrogen-bond acceptors (Lipinski definition) is 4. The summed E-state index contributed by atoms with van der Waals surface area (Å²) in [6.07, 6.45) is 2.10. The molecule has 2 amide bonds. The Hall–Kier alpha value is -3.80. The molecule has 0 spiro atoms. The van der Waals surface area contributed by atoms with Crippen molar-refractivity contribution in [1.82, 2.24) is 5.32 Å². The van der Waals surface area contributed by atoms with Crippen LogP contribution in [-0.2, 0) is 21.5 Å². The number of carbonyl (C=O) groups is 2.